The second-order valence-electron chi connectivity index (χ2n) is 3.93. The number of hydrogen-bond donors (Lipinski definition) is 0. The Labute approximate surface area is 118 Å². The average Bonchev–Trinajstić information content (AvgIpc) is 2.32. The molecule has 0 aromatic carbocycles. The van der Waals surface area contributed by atoms with Gasteiger partial charge in [0, 0.05) is 16.9 Å². The Morgan fingerprint density at radius 2 is 2.17 bits per heavy atom. The third kappa shape index (κ3) is 2.62. The van der Waals surface area contributed by atoms with Crippen molar-refractivity contribution in [2.75, 3.05) is 0 Å². The van der Waals surface area contributed by atoms with Gasteiger partial charge in [-0.2, -0.15) is 4.98 Å². The largest absolute Gasteiger partial charge is 0.348 e. The molecule has 2 aromatic rings. The summed E-state index contributed by atoms with van der Waals surface area (Å²) in [5.74, 6) is 0. The molecule has 2 aromatic heterocycles. The average molecular weight is 329 g/mol. The molecule has 2 heterocycles. The summed E-state index contributed by atoms with van der Waals surface area (Å²) < 4.78 is 2.40. The first-order valence-corrected chi connectivity index (χ1v) is 6.50. The normalized spacial score (nSPS) is 10.7. The van der Waals surface area contributed by atoms with Gasteiger partial charge in [-0.3, -0.25) is 9.55 Å². The number of halogens is 2. The number of rotatable bonds is 2. The lowest BCUT2D eigenvalue weighted by Gasteiger charge is -2.11. The third-order valence-corrected chi connectivity index (χ3v) is 4.02. The van der Waals surface area contributed by atoms with Crippen LogP contribution in [0.1, 0.15) is 17.1 Å². The zero-order valence-electron chi connectivity index (χ0n) is 9.94. The number of aromatic nitrogens is 3. The van der Waals surface area contributed by atoms with E-state index in [1.165, 1.54) is 0 Å². The van der Waals surface area contributed by atoms with Gasteiger partial charge in [0.15, 0.2) is 0 Å². The predicted molar refractivity (Wildman–Crippen MR) is 74.0 cm³/mol. The maximum Gasteiger partial charge on any atom is 0.348 e. The van der Waals surface area contributed by atoms with E-state index >= 15 is 0 Å². The fourth-order valence-corrected chi connectivity index (χ4v) is 2.15. The summed E-state index contributed by atoms with van der Waals surface area (Å²) in [4.78, 5) is 20.0. The van der Waals surface area contributed by atoms with Crippen molar-refractivity contribution in [2.24, 2.45) is 0 Å². The van der Waals surface area contributed by atoms with Crippen molar-refractivity contribution < 1.29 is 0 Å². The highest BCUT2D eigenvalue weighted by atomic mass is 79.9. The Balaban J connectivity index is 2.47. The molecule has 0 fully saturated rings. The molecule has 0 spiro atoms. The van der Waals surface area contributed by atoms with E-state index in [1.54, 1.807) is 29.8 Å². The summed E-state index contributed by atoms with van der Waals surface area (Å²) in [7, 11) is 0. The first-order chi connectivity index (χ1) is 8.49. The van der Waals surface area contributed by atoms with Gasteiger partial charge in [-0.15, -0.1) is 0 Å². The second-order valence-corrected chi connectivity index (χ2v) is 5.16. The number of nitrogens with zero attached hydrogens (tertiary/aromatic N) is 3. The van der Waals surface area contributed by atoms with Gasteiger partial charge in [-0.1, -0.05) is 11.6 Å². The maximum absolute atomic E-state index is 11.9. The fraction of sp³-hybridized carbons (Fsp3) is 0.250. The van der Waals surface area contributed by atoms with Crippen LogP contribution in [-0.4, -0.2) is 14.5 Å². The first kappa shape index (κ1) is 13.2. The van der Waals surface area contributed by atoms with Gasteiger partial charge >= 0.3 is 5.69 Å². The Kier molecular flexibility index (Phi) is 3.82. The standard InChI is InChI=1S/C12H11BrClN3O/c1-7-11(13)8(2)17(12(18)16-7)6-10-5-9(14)3-4-15-10/h3-5H,6H2,1-2H3. The molecule has 0 unspecified atom stereocenters. The van der Waals surface area contributed by atoms with E-state index < -0.39 is 0 Å². The van der Waals surface area contributed by atoms with Crippen LogP contribution in [0.2, 0.25) is 5.02 Å². The minimum Gasteiger partial charge on any atom is -0.289 e. The van der Waals surface area contributed by atoms with Crippen LogP contribution in [0.3, 0.4) is 0 Å². The highest BCUT2D eigenvalue weighted by Gasteiger charge is 2.10. The van der Waals surface area contributed by atoms with Crippen molar-refractivity contribution in [2.45, 2.75) is 20.4 Å². The van der Waals surface area contributed by atoms with Gasteiger partial charge in [0.05, 0.1) is 22.4 Å². The molecule has 0 N–H and O–H groups in total. The van der Waals surface area contributed by atoms with Crippen molar-refractivity contribution in [1.29, 1.82) is 0 Å². The van der Waals surface area contributed by atoms with Crippen LogP contribution < -0.4 is 5.69 Å². The molecule has 18 heavy (non-hydrogen) atoms. The molecule has 6 heteroatoms. The van der Waals surface area contributed by atoms with Crippen molar-refractivity contribution in [3.63, 3.8) is 0 Å². The van der Waals surface area contributed by atoms with E-state index in [4.69, 9.17) is 11.6 Å². The summed E-state index contributed by atoms with van der Waals surface area (Å²) in [6.07, 6.45) is 1.62. The summed E-state index contributed by atoms with van der Waals surface area (Å²) in [5, 5.41) is 0.602. The maximum atomic E-state index is 11.9. The fourth-order valence-electron chi connectivity index (χ4n) is 1.66. The van der Waals surface area contributed by atoms with Crippen LogP contribution in [-0.2, 0) is 6.54 Å². The van der Waals surface area contributed by atoms with Crippen molar-refractivity contribution >= 4 is 27.5 Å². The number of aryl methyl sites for hydroxylation is 1. The van der Waals surface area contributed by atoms with Gasteiger partial charge < -0.3 is 0 Å². The minimum absolute atomic E-state index is 0.282. The molecule has 0 amide bonds. The van der Waals surface area contributed by atoms with Crippen LogP contribution in [0.15, 0.2) is 27.6 Å². The molecule has 0 saturated heterocycles. The van der Waals surface area contributed by atoms with E-state index in [-0.39, 0.29) is 5.69 Å². The van der Waals surface area contributed by atoms with Gasteiger partial charge in [-0.05, 0) is 41.9 Å². The molecule has 0 saturated carbocycles. The summed E-state index contributed by atoms with van der Waals surface area (Å²) in [6.45, 7) is 4.02. The third-order valence-electron chi connectivity index (χ3n) is 2.63. The van der Waals surface area contributed by atoms with Gasteiger partial charge in [0.2, 0.25) is 0 Å². The quantitative estimate of drug-likeness (QED) is 0.851. The zero-order valence-corrected chi connectivity index (χ0v) is 12.3. The SMILES string of the molecule is Cc1nc(=O)n(Cc2cc(Cl)ccn2)c(C)c1Br. The molecule has 4 nitrogen and oxygen atoms in total. The summed E-state index contributed by atoms with van der Waals surface area (Å²) in [6, 6.07) is 3.44. The molecular weight excluding hydrogens is 318 g/mol. The molecule has 2 rings (SSSR count). The summed E-state index contributed by atoms with van der Waals surface area (Å²) >= 11 is 9.32. The van der Waals surface area contributed by atoms with Crippen LogP contribution in [0.5, 0.6) is 0 Å². The van der Waals surface area contributed by atoms with E-state index in [9.17, 15) is 4.79 Å². The zero-order chi connectivity index (χ0) is 13.3. The lowest BCUT2D eigenvalue weighted by molar-refractivity contribution is 0.676. The van der Waals surface area contributed by atoms with E-state index in [1.807, 2.05) is 6.92 Å². The Morgan fingerprint density at radius 1 is 1.44 bits per heavy atom. The Morgan fingerprint density at radius 3 is 2.83 bits per heavy atom. The molecular formula is C12H11BrClN3O. The van der Waals surface area contributed by atoms with E-state index in [0.29, 0.717) is 17.3 Å². The first-order valence-electron chi connectivity index (χ1n) is 5.33. The van der Waals surface area contributed by atoms with Crippen molar-refractivity contribution in [3.8, 4) is 0 Å². The lowest BCUT2D eigenvalue weighted by Crippen LogP contribution is -2.27. The molecule has 0 aliphatic carbocycles. The molecule has 0 atom stereocenters. The van der Waals surface area contributed by atoms with Crippen LogP contribution >= 0.6 is 27.5 Å². The van der Waals surface area contributed by atoms with Crippen molar-refractivity contribution in [1.82, 2.24) is 14.5 Å². The number of pyridine rings is 1. The topological polar surface area (TPSA) is 47.8 Å². The Hall–Kier alpha value is -1.20. The van der Waals surface area contributed by atoms with Crippen LogP contribution in [0.25, 0.3) is 0 Å². The smallest absolute Gasteiger partial charge is 0.289 e. The van der Waals surface area contributed by atoms with E-state index in [2.05, 4.69) is 25.9 Å². The minimum atomic E-state index is -0.282. The predicted octanol–water partition coefficient (Wildman–Crippen LogP) is 2.72. The van der Waals surface area contributed by atoms with Gasteiger partial charge in [-0.25, -0.2) is 4.79 Å². The van der Waals surface area contributed by atoms with Gasteiger partial charge in [0.1, 0.15) is 0 Å². The molecule has 94 valence electrons. The molecule has 0 radical (unpaired) electrons. The highest BCUT2D eigenvalue weighted by molar-refractivity contribution is 9.10. The molecule has 0 aliphatic heterocycles. The van der Waals surface area contributed by atoms with Crippen LogP contribution in [0.4, 0.5) is 0 Å². The van der Waals surface area contributed by atoms with Crippen molar-refractivity contribution in [3.05, 3.63) is 55.4 Å². The van der Waals surface area contributed by atoms with Gasteiger partial charge in [0.25, 0.3) is 0 Å². The number of hydrogen-bond acceptors (Lipinski definition) is 3. The highest BCUT2D eigenvalue weighted by Crippen LogP contribution is 2.17. The molecule has 0 bridgehead atoms. The monoisotopic (exact) mass is 327 g/mol. The second kappa shape index (κ2) is 5.20. The lowest BCUT2D eigenvalue weighted by atomic mass is 10.3. The Bertz CT molecular complexity index is 654. The summed E-state index contributed by atoms with van der Waals surface area (Å²) in [5.41, 5.74) is 1.96. The van der Waals surface area contributed by atoms with E-state index in [0.717, 1.165) is 15.9 Å². The molecule has 0 aliphatic rings. The van der Waals surface area contributed by atoms with Crippen LogP contribution in [0, 0.1) is 13.8 Å².